The molecule has 0 bridgehead atoms. The van der Waals surface area contributed by atoms with Crippen molar-refractivity contribution in [2.45, 2.75) is 51.4 Å². The van der Waals surface area contributed by atoms with Crippen molar-refractivity contribution in [3.63, 3.8) is 0 Å². The zero-order chi connectivity index (χ0) is 22.1. The fraction of sp³-hybridized carbons (Fsp3) is 0.308. The predicted octanol–water partition coefficient (Wildman–Crippen LogP) is 4.05. The number of nitrogens with one attached hydrogen (secondary N) is 2. The lowest BCUT2D eigenvalue weighted by atomic mass is 10.1. The lowest BCUT2D eigenvalue weighted by Crippen LogP contribution is -2.30. The van der Waals surface area contributed by atoms with E-state index >= 15 is 0 Å². The summed E-state index contributed by atoms with van der Waals surface area (Å²) in [4.78, 5) is 27.3. The number of amides is 2. The molecule has 164 valence electrons. The number of benzene rings is 2. The molecule has 1 aromatic heterocycles. The van der Waals surface area contributed by atoms with Gasteiger partial charge in [0.15, 0.2) is 0 Å². The summed E-state index contributed by atoms with van der Waals surface area (Å²) < 4.78 is 5.69. The van der Waals surface area contributed by atoms with Gasteiger partial charge in [0.05, 0.1) is 18.4 Å². The van der Waals surface area contributed by atoms with Crippen molar-refractivity contribution in [2.24, 2.45) is 0 Å². The molecule has 0 radical (unpaired) electrons. The maximum Gasteiger partial charge on any atom is 0.255 e. The fourth-order valence-electron chi connectivity index (χ4n) is 4.24. The first-order chi connectivity index (χ1) is 15.6. The van der Waals surface area contributed by atoms with Crippen LogP contribution in [0.5, 0.6) is 0 Å². The normalized spacial score (nSPS) is 17.2. The van der Waals surface area contributed by atoms with Gasteiger partial charge < -0.3 is 20.0 Å². The van der Waals surface area contributed by atoms with Crippen molar-refractivity contribution in [2.75, 3.05) is 4.90 Å². The quantitative estimate of drug-likeness (QED) is 0.594. The lowest BCUT2D eigenvalue weighted by molar-refractivity contribution is 0.0940. The van der Waals surface area contributed by atoms with Crippen molar-refractivity contribution in [1.82, 2.24) is 10.6 Å². The number of hydrogen-bond acceptors (Lipinski definition) is 4. The standard InChI is InChI=1S/C26H27N3O3/c1-17-14-20-4-2-3-5-23(20)29(17)16-24-22(12-13-32-24)26(31)27-15-18-6-8-19(9-7-18)25(30)28-21-10-11-21/h2-9,12-13,17,21H,10-11,14-16H2,1H3,(H,27,31)(H,28,30). The van der Waals surface area contributed by atoms with E-state index in [1.165, 1.54) is 11.3 Å². The van der Waals surface area contributed by atoms with Crippen LogP contribution in [-0.4, -0.2) is 23.9 Å². The number of para-hydroxylation sites is 1. The summed E-state index contributed by atoms with van der Waals surface area (Å²) in [6, 6.07) is 18.1. The van der Waals surface area contributed by atoms with E-state index in [9.17, 15) is 9.59 Å². The lowest BCUT2D eigenvalue weighted by Gasteiger charge is -2.24. The Balaban J connectivity index is 1.21. The fourth-order valence-corrected chi connectivity index (χ4v) is 4.24. The molecular formula is C26H27N3O3. The van der Waals surface area contributed by atoms with Crippen LogP contribution in [0.4, 0.5) is 5.69 Å². The van der Waals surface area contributed by atoms with E-state index in [1.807, 2.05) is 18.2 Å². The third-order valence-corrected chi connectivity index (χ3v) is 6.23. The minimum Gasteiger partial charge on any atom is -0.467 e. The molecule has 0 saturated heterocycles. The van der Waals surface area contributed by atoms with Crippen LogP contribution in [0.25, 0.3) is 0 Å². The third kappa shape index (κ3) is 4.26. The summed E-state index contributed by atoms with van der Waals surface area (Å²) in [5.41, 5.74) is 4.67. The third-order valence-electron chi connectivity index (χ3n) is 6.23. The smallest absolute Gasteiger partial charge is 0.255 e. The average molecular weight is 430 g/mol. The number of furan rings is 1. The van der Waals surface area contributed by atoms with E-state index in [0.717, 1.165) is 24.8 Å². The molecular weight excluding hydrogens is 402 g/mol. The molecule has 2 heterocycles. The van der Waals surface area contributed by atoms with E-state index in [2.05, 4.69) is 40.7 Å². The Morgan fingerprint density at radius 2 is 1.81 bits per heavy atom. The van der Waals surface area contributed by atoms with Crippen LogP contribution >= 0.6 is 0 Å². The van der Waals surface area contributed by atoms with E-state index in [4.69, 9.17) is 4.42 Å². The summed E-state index contributed by atoms with van der Waals surface area (Å²) in [6.07, 6.45) is 4.70. The van der Waals surface area contributed by atoms with Gasteiger partial charge in [-0.1, -0.05) is 30.3 Å². The SMILES string of the molecule is CC1Cc2ccccc2N1Cc1occc1C(=O)NCc1ccc(C(=O)NC2CC2)cc1. The van der Waals surface area contributed by atoms with E-state index in [1.54, 1.807) is 24.5 Å². The highest BCUT2D eigenvalue weighted by Gasteiger charge is 2.28. The second-order valence-corrected chi connectivity index (χ2v) is 8.69. The van der Waals surface area contributed by atoms with Crippen LogP contribution in [0.3, 0.4) is 0 Å². The van der Waals surface area contributed by atoms with Gasteiger partial charge in [0.25, 0.3) is 11.8 Å². The van der Waals surface area contributed by atoms with Crippen LogP contribution in [0.15, 0.2) is 65.3 Å². The monoisotopic (exact) mass is 429 g/mol. The Morgan fingerprint density at radius 3 is 2.59 bits per heavy atom. The highest BCUT2D eigenvalue weighted by molar-refractivity contribution is 5.95. The Bertz CT molecular complexity index is 1130. The molecule has 2 aromatic carbocycles. The first kappa shape index (κ1) is 20.4. The molecule has 1 unspecified atom stereocenters. The van der Waals surface area contributed by atoms with E-state index in [0.29, 0.717) is 42.1 Å². The van der Waals surface area contributed by atoms with Crippen molar-refractivity contribution in [3.8, 4) is 0 Å². The molecule has 6 nitrogen and oxygen atoms in total. The first-order valence-corrected chi connectivity index (χ1v) is 11.2. The second-order valence-electron chi connectivity index (χ2n) is 8.69. The molecule has 2 aliphatic rings. The minimum absolute atomic E-state index is 0.0381. The Morgan fingerprint density at radius 1 is 1.03 bits per heavy atom. The number of rotatable bonds is 7. The number of carbonyl (C=O) groups excluding carboxylic acids is 2. The molecule has 5 rings (SSSR count). The predicted molar refractivity (Wildman–Crippen MR) is 123 cm³/mol. The molecule has 2 amide bonds. The molecule has 3 aromatic rings. The molecule has 1 aliphatic heterocycles. The van der Waals surface area contributed by atoms with Crippen LogP contribution in [-0.2, 0) is 19.5 Å². The van der Waals surface area contributed by atoms with Gasteiger partial charge in [-0.15, -0.1) is 0 Å². The van der Waals surface area contributed by atoms with Crippen LogP contribution in [0, 0.1) is 0 Å². The summed E-state index contributed by atoms with van der Waals surface area (Å²) in [7, 11) is 0. The van der Waals surface area contributed by atoms with Gasteiger partial charge in [-0.2, -0.15) is 0 Å². The highest BCUT2D eigenvalue weighted by atomic mass is 16.3. The van der Waals surface area contributed by atoms with E-state index < -0.39 is 0 Å². The largest absolute Gasteiger partial charge is 0.467 e. The maximum atomic E-state index is 12.9. The molecule has 1 saturated carbocycles. The van der Waals surface area contributed by atoms with Crippen molar-refractivity contribution >= 4 is 17.5 Å². The number of carbonyl (C=O) groups is 2. The summed E-state index contributed by atoms with van der Waals surface area (Å²) in [5.74, 6) is 0.464. The van der Waals surface area contributed by atoms with Crippen LogP contribution in [0.1, 0.15) is 57.4 Å². The number of anilines is 1. The van der Waals surface area contributed by atoms with Gasteiger partial charge in [-0.3, -0.25) is 9.59 Å². The van der Waals surface area contributed by atoms with Gasteiger partial charge in [-0.25, -0.2) is 0 Å². The number of fused-ring (bicyclic) bond motifs is 1. The van der Waals surface area contributed by atoms with Gasteiger partial charge in [0.1, 0.15) is 5.76 Å². The van der Waals surface area contributed by atoms with Crippen molar-refractivity contribution in [3.05, 3.63) is 88.9 Å². The average Bonchev–Trinajstić information content (AvgIpc) is 3.39. The highest BCUT2D eigenvalue weighted by Crippen LogP contribution is 2.33. The molecule has 32 heavy (non-hydrogen) atoms. The van der Waals surface area contributed by atoms with E-state index in [-0.39, 0.29) is 11.8 Å². The molecule has 6 heteroatoms. The van der Waals surface area contributed by atoms with Crippen molar-refractivity contribution < 1.29 is 14.0 Å². The van der Waals surface area contributed by atoms with Crippen molar-refractivity contribution in [1.29, 1.82) is 0 Å². The second kappa shape index (κ2) is 8.54. The molecule has 0 spiro atoms. The summed E-state index contributed by atoms with van der Waals surface area (Å²) >= 11 is 0. The van der Waals surface area contributed by atoms with Gasteiger partial charge in [0.2, 0.25) is 0 Å². The van der Waals surface area contributed by atoms with Gasteiger partial charge in [-0.05, 0) is 61.6 Å². The minimum atomic E-state index is -0.163. The zero-order valence-corrected chi connectivity index (χ0v) is 18.1. The molecule has 1 atom stereocenters. The maximum absolute atomic E-state index is 12.9. The number of nitrogens with zero attached hydrogens (tertiary/aromatic N) is 1. The van der Waals surface area contributed by atoms with Gasteiger partial charge in [0, 0.05) is 29.9 Å². The Labute approximate surface area is 187 Å². The van der Waals surface area contributed by atoms with Crippen LogP contribution in [0.2, 0.25) is 0 Å². The van der Waals surface area contributed by atoms with Gasteiger partial charge >= 0.3 is 0 Å². The van der Waals surface area contributed by atoms with Crippen LogP contribution < -0.4 is 15.5 Å². The zero-order valence-electron chi connectivity index (χ0n) is 18.1. The molecule has 1 aliphatic carbocycles. The molecule has 2 N–H and O–H groups in total. The Kier molecular flexibility index (Phi) is 5.43. The molecule has 1 fully saturated rings. The Hall–Kier alpha value is -3.54. The summed E-state index contributed by atoms with van der Waals surface area (Å²) in [6.45, 7) is 3.13. The number of hydrogen-bond donors (Lipinski definition) is 2. The first-order valence-electron chi connectivity index (χ1n) is 11.2. The topological polar surface area (TPSA) is 74.6 Å². The summed E-state index contributed by atoms with van der Waals surface area (Å²) in [5, 5.41) is 5.95.